The second-order valence-electron chi connectivity index (χ2n) is 7.75. The van der Waals surface area contributed by atoms with E-state index in [9.17, 15) is 9.59 Å². The number of amides is 2. The van der Waals surface area contributed by atoms with Gasteiger partial charge in [0.2, 0.25) is 6.10 Å². The third kappa shape index (κ3) is 4.26. The van der Waals surface area contributed by atoms with Gasteiger partial charge >= 0.3 is 0 Å². The van der Waals surface area contributed by atoms with Gasteiger partial charge in [0.05, 0.1) is 10.0 Å². The summed E-state index contributed by atoms with van der Waals surface area (Å²) < 4.78 is 17.2. The molecular weight excluding hydrogens is 467 g/mol. The molecule has 1 aromatic heterocycles. The first-order valence-electron chi connectivity index (χ1n) is 10.5. The van der Waals surface area contributed by atoms with Crippen LogP contribution in [0.1, 0.15) is 10.6 Å². The standard InChI is InChI=1S/C24H20Cl2N2O5/c25-16-5-3-4-15(22(16)26)17-8-9-20(32-17)23(29)27-10-12-28(13-11-27)24(30)21-14-31-18-6-1-2-7-19(18)33-21/h1-9,21H,10-14H2/t21-/m1/s1. The number of piperazine rings is 1. The Balaban J connectivity index is 1.20. The van der Waals surface area contributed by atoms with E-state index in [0.29, 0.717) is 59.0 Å². The highest BCUT2D eigenvalue weighted by Gasteiger charge is 2.34. The van der Waals surface area contributed by atoms with E-state index >= 15 is 0 Å². The first-order valence-corrected chi connectivity index (χ1v) is 11.3. The van der Waals surface area contributed by atoms with E-state index in [2.05, 4.69) is 0 Å². The molecule has 0 bridgehead atoms. The average Bonchev–Trinajstić information content (AvgIpc) is 3.34. The summed E-state index contributed by atoms with van der Waals surface area (Å²) in [5.74, 6) is 1.49. The topological polar surface area (TPSA) is 72.2 Å². The molecule has 33 heavy (non-hydrogen) atoms. The summed E-state index contributed by atoms with van der Waals surface area (Å²) in [7, 11) is 0. The third-order valence-corrected chi connectivity index (χ3v) is 6.52. The van der Waals surface area contributed by atoms with Crippen LogP contribution in [-0.4, -0.2) is 60.5 Å². The zero-order chi connectivity index (χ0) is 22.9. The first-order chi connectivity index (χ1) is 16.0. The van der Waals surface area contributed by atoms with E-state index < -0.39 is 6.10 Å². The van der Waals surface area contributed by atoms with Crippen molar-refractivity contribution in [1.29, 1.82) is 0 Å². The summed E-state index contributed by atoms with van der Waals surface area (Å²) in [6.45, 7) is 1.75. The number of hydrogen-bond acceptors (Lipinski definition) is 5. The zero-order valence-electron chi connectivity index (χ0n) is 17.5. The molecule has 7 nitrogen and oxygen atoms in total. The SMILES string of the molecule is O=C(c1ccc(-c2cccc(Cl)c2Cl)o1)N1CCN(C(=O)[C@H]2COc3ccccc3O2)CC1. The molecule has 0 saturated carbocycles. The summed E-state index contributed by atoms with van der Waals surface area (Å²) in [6, 6.07) is 15.8. The fraction of sp³-hybridized carbons (Fsp3) is 0.250. The van der Waals surface area contributed by atoms with Crippen molar-refractivity contribution in [2.24, 2.45) is 0 Å². The van der Waals surface area contributed by atoms with Crippen LogP contribution in [0.2, 0.25) is 10.0 Å². The van der Waals surface area contributed by atoms with Gasteiger partial charge in [-0.2, -0.15) is 0 Å². The fourth-order valence-corrected chi connectivity index (χ4v) is 4.32. The molecular formula is C24H20Cl2N2O5. The summed E-state index contributed by atoms with van der Waals surface area (Å²) >= 11 is 12.3. The number of carbonyl (C=O) groups is 2. The zero-order valence-corrected chi connectivity index (χ0v) is 19.0. The third-order valence-electron chi connectivity index (χ3n) is 5.70. The quantitative estimate of drug-likeness (QED) is 0.549. The van der Waals surface area contributed by atoms with Crippen LogP contribution in [-0.2, 0) is 4.79 Å². The Morgan fingerprint density at radius 1 is 0.848 bits per heavy atom. The van der Waals surface area contributed by atoms with Gasteiger partial charge in [0.25, 0.3) is 11.8 Å². The second-order valence-corrected chi connectivity index (χ2v) is 8.53. The maximum Gasteiger partial charge on any atom is 0.289 e. The number of halogens is 2. The van der Waals surface area contributed by atoms with Gasteiger partial charge in [0, 0.05) is 31.7 Å². The predicted octanol–water partition coefficient (Wildman–Crippen LogP) is 4.38. The van der Waals surface area contributed by atoms with E-state index in [1.807, 2.05) is 12.1 Å². The maximum atomic E-state index is 12.9. The van der Waals surface area contributed by atoms with Crippen LogP contribution in [0, 0.1) is 0 Å². The molecule has 0 aliphatic carbocycles. The largest absolute Gasteiger partial charge is 0.485 e. The van der Waals surface area contributed by atoms with Crippen LogP contribution in [0.15, 0.2) is 59.0 Å². The summed E-state index contributed by atoms with van der Waals surface area (Å²) in [4.78, 5) is 29.2. The van der Waals surface area contributed by atoms with E-state index in [1.165, 1.54) is 0 Å². The van der Waals surface area contributed by atoms with Gasteiger partial charge in [-0.05, 0) is 36.4 Å². The molecule has 9 heteroatoms. The van der Waals surface area contributed by atoms with Crippen LogP contribution in [0.25, 0.3) is 11.3 Å². The molecule has 2 amide bonds. The predicted molar refractivity (Wildman–Crippen MR) is 123 cm³/mol. The van der Waals surface area contributed by atoms with Crippen LogP contribution in [0.5, 0.6) is 11.5 Å². The Labute approximate surface area is 200 Å². The van der Waals surface area contributed by atoms with Gasteiger partial charge in [-0.15, -0.1) is 0 Å². The molecule has 3 heterocycles. The van der Waals surface area contributed by atoms with Crippen LogP contribution in [0.3, 0.4) is 0 Å². The monoisotopic (exact) mass is 486 g/mol. The second kappa shape index (κ2) is 9.00. The lowest BCUT2D eigenvalue weighted by Gasteiger charge is -2.36. The van der Waals surface area contributed by atoms with Crippen molar-refractivity contribution in [3.8, 4) is 22.8 Å². The number of hydrogen-bond donors (Lipinski definition) is 0. The van der Waals surface area contributed by atoms with Crippen molar-refractivity contribution in [3.63, 3.8) is 0 Å². The summed E-state index contributed by atoms with van der Waals surface area (Å²) in [5, 5.41) is 0.784. The number of fused-ring (bicyclic) bond motifs is 1. The Bertz CT molecular complexity index is 1200. The van der Waals surface area contributed by atoms with Crippen LogP contribution >= 0.6 is 23.2 Å². The Morgan fingerprint density at radius 3 is 2.36 bits per heavy atom. The van der Waals surface area contributed by atoms with Crippen molar-refractivity contribution in [1.82, 2.24) is 9.80 Å². The van der Waals surface area contributed by atoms with Crippen molar-refractivity contribution in [3.05, 3.63) is 70.4 Å². The number of ether oxygens (including phenoxy) is 2. The van der Waals surface area contributed by atoms with Gasteiger partial charge in [0.15, 0.2) is 17.3 Å². The molecule has 2 aliphatic heterocycles. The highest BCUT2D eigenvalue weighted by Crippen LogP contribution is 2.35. The molecule has 3 aromatic rings. The lowest BCUT2D eigenvalue weighted by atomic mass is 10.2. The smallest absolute Gasteiger partial charge is 0.289 e. The molecule has 0 radical (unpaired) electrons. The van der Waals surface area contributed by atoms with E-state index in [0.717, 1.165) is 0 Å². The molecule has 2 aliphatic rings. The number of nitrogens with zero attached hydrogens (tertiary/aromatic N) is 2. The lowest BCUT2D eigenvalue weighted by molar-refractivity contribution is -0.142. The average molecular weight is 487 g/mol. The van der Waals surface area contributed by atoms with Crippen LogP contribution < -0.4 is 9.47 Å². The van der Waals surface area contributed by atoms with Crippen molar-refractivity contribution in [2.75, 3.05) is 32.8 Å². The van der Waals surface area contributed by atoms with Gasteiger partial charge in [-0.25, -0.2) is 0 Å². The number of carbonyl (C=O) groups excluding carboxylic acids is 2. The minimum atomic E-state index is -0.697. The van der Waals surface area contributed by atoms with E-state index in [-0.39, 0.29) is 24.2 Å². The Hall–Kier alpha value is -3.16. The first kappa shape index (κ1) is 21.7. The Morgan fingerprint density at radius 2 is 1.58 bits per heavy atom. The van der Waals surface area contributed by atoms with Gasteiger partial charge in [-0.1, -0.05) is 41.4 Å². The van der Waals surface area contributed by atoms with E-state index in [4.69, 9.17) is 37.1 Å². The summed E-state index contributed by atoms with van der Waals surface area (Å²) in [6.07, 6.45) is -0.697. The molecule has 5 rings (SSSR count). The van der Waals surface area contributed by atoms with Gasteiger partial charge in [-0.3, -0.25) is 9.59 Å². The fourth-order valence-electron chi connectivity index (χ4n) is 3.92. The van der Waals surface area contributed by atoms with Crippen molar-refractivity contribution >= 4 is 35.0 Å². The molecule has 170 valence electrons. The molecule has 0 unspecified atom stereocenters. The highest BCUT2D eigenvalue weighted by molar-refractivity contribution is 6.43. The summed E-state index contributed by atoms with van der Waals surface area (Å²) in [5.41, 5.74) is 0.620. The number of furan rings is 1. The maximum absolute atomic E-state index is 12.9. The van der Waals surface area contributed by atoms with E-state index in [1.54, 1.807) is 52.3 Å². The highest BCUT2D eigenvalue weighted by atomic mass is 35.5. The minimum Gasteiger partial charge on any atom is -0.485 e. The van der Waals surface area contributed by atoms with Gasteiger partial charge in [0.1, 0.15) is 12.4 Å². The number of para-hydroxylation sites is 2. The minimum absolute atomic E-state index is 0.146. The molecule has 0 N–H and O–H groups in total. The van der Waals surface area contributed by atoms with Crippen molar-refractivity contribution in [2.45, 2.75) is 6.10 Å². The number of benzene rings is 2. The van der Waals surface area contributed by atoms with Crippen LogP contribution in [0.4, 0.5) is 0 Å². The van der Waals surface area contributed by atoms with Gasteiger partial charge < -0.3 is 23.7 Å². The Kier molecular flexibility index (Phi) is 5.91. The molecule has 2 aromatic carbocycles. The molecule has 0 spiro atoms. The molecule has 1 saturated heterocycles. The van der Waals surface area contributed by atoms with Crippen molar-refractivity contribution < 1.29 is 23.5 Å². The normalized spacial score (nSPS) is 17.7. The molecule has 1 atom stereocenters. The lowest BCUT2D eigenvalue weighted by Crippen LogP contribution is -2.55. The molecule has 1 fully saturated rings. The number of rotatable bonds is 3.